The van der Waals surface area contributed by atoms with Crippen molar-refractivity contribution >= 4 is 5.91 Å². The second kappa shape index (κ2) is 6.39. The van der Waals surface area contributed by atoms with Crippen LogP contribution < -0.4 is 5.32 Å². The molecule has 20 heavy (non-hydrogen) atoms. The quantitative estimate of drug-likeness (QED) is 0.908. The van der Waals surface area contributed by atoms with Crippen LogP contribution >= 0.6 is 0 Å². The first kappa shape index (κ1) is 15.0. The lowest BCUT2D eigenvalue weighted by Gasteiger charge is -2.29. The van der Waals surface area contributed by atoms with E-state index in [1.165, 1.54) is 12.8 Å². The average molecular weight is 278 g/mol. The van der Waals surface area contributed by atoms with E-state index >= 15 is 0 Å². The molecule has 5 nitrogen and oxygen atoms in total. The predicted molar refractivity (Wildman–Crippen MR) is 79.9 cm³/mol. The zero-order chi connectivity index (χ0) is 14.7. The summed E-state index contributed by atoms with van der Waals surface area (Å²) in [7, 11) is 1.89. The first-order valence-electron chi connectivity index (χ1n) is 7.54. The van der Waals surface area contributed by atoms with Gasteiger partial charge < -0.3 is 10.2 Å². The second-order valence-corrected chi connectivity index (χ2v) is 5.73. The summed E-state index contributed by atoms with van der Waals surface area (Å²) in [6.07, 6.45) is 2.42. The van der Waals surface area contributed by atoms with E-state index in [2.05, 4.69) is 17.3 Å². The van der Waals surface area contributed by atoms with Gasteiger partial charge in [-0.3, -0.25) is 9.48 Å². The normalized spacial score (nSPS) is 19.1. The van der Waals surface area contributed by atoms with Crippen molar-refractivity contribution in [2.24, 2.45) is 13.0 Å². The highest BCUT2D eigenvalue weighted by atomic mass is 16.2. The Morgan fingerprint density at radius 2 is 2.25 bits per heavy atom. The molecule has 1 amide bonds. The summed E-state index contributed by atoms with van der Waals surface area (Å²) in [4.78, 5) is 14.7. The van der Waals surface area contributed by atoms with Crippen molar-refractivity contribution in [2.75, 3.05) is 26.2 Å². The molecule has 5 heteroatoms. The van der Waals surface area contributed by atoms with E-state index < -0.39 is 0 Å². The van der Waals surface area contributed by atoms with E-state index in [-0.39, 0.29) is 5.91 Å². The maximum atomic E-state index is 12.8. The first-order chi connectivity index (χ1) is 9.54. The smallest absolute Gasteiger partial charge is 0.257 e. The number of piperidine rings is 1. The molecule has 0 aliphatic carbocycles. The van der Waals surface area contributed by atoms with Crippen LogP contribution in [0, 0.1) is 19.8 Å². The summed E-state index contributed by atoms with van der Waals surface area (Å²) < 4.78 is 1.79. The number of aromatic nitrogens is 2. The number of hydrogen-bond donors (Lipinski definition) is 1. The molecule has 1 fully saturated rings. The lowest BCUT2D eigenvalue weighted by molar-refractivity contribution is 0.0727. The van der Waals surface area contributed by atoms with Gasteiger partial charge in [-0.1, -0.05) is 0 Å². The summed E-state index contributed by atoms with van der Waals surface area (Å²) in [6.45, 7) is 9.65. The third kappa shape index (κ3) is 3.03. The molecule has 1 saturated heterocycles. The maximum Gasteiger partial charge on any atom is 0.257 e. The molecule has 1 aliphatic rings. The summed E-state index contributed by atoms with van der Waals surface area (Å²) >= 11 is 0. The molecule has 0 bridgehead atoms. The molecule has 2 rings (SSSR count). The SMILES string of the molecule is CCN(CC1CCCNC1)C(=O)c1c(C)nn(C)c1C. The summed E-state index contributed by atoms with van der Waals surface area (Å²) in [5.41, 5.74) is 2.56. The Kier molecular flexibility index (Phi) is 4.81. The highest BCUT2D eigenvalue weighted by Crippen LogP contribution is 2.18. The van der Waals surface area contributed by atoms with E-state index in [0.29, 0.717) is 5.92 Å². The number of hydrogen-bond acceptors (Lipinski definition) is 3. The Morgan fingerprint density at radius 3 is 2.75 bits per heavy atom. The largest absolute Gasteiger partial charge is 0.338 e. The Balaban J connectivity index is 2.12. The summed E-state index contributed by atoms with van der Waals surface area (Å²) in [5.74, 6) is 0.700. The van der Waals surface area contributed by atoms with Gasteiger partial charge in [-0.25, -0.2) is 0 Å². The molecular weight excluding hydrogens is 252 g/mol. The molecule has 0 saturated carbocycles. The third-order valence-corrected chi connectivity index (χ3v) is 4.27. The number of nitrogens with one attached hydrogen (secondary N) is 1. The number of carbonyl (C=O) groups is 1. The summed E-state index contributed by atoms with van der Waals surface area (Å²) in [5, 5.41) is 7.77. The van der Waals surface area contributed by atoms with Gasteiger partial charge in [0.25, 0.3) is 5.91 Å². The van der Waals surface area contributed by atoms with Crippen LogP contribution in [0.3, 0.4) is 0 Å². The van der Waals surface area contributed by atoms with Crippen LogP contribution in [0.25, 0.3) is 0 Å². The minimum absolute atomic E-state index is 0.126. The van der Waals surface area contributed by atoms with Crippen molar-refractivity contribution < 1.29 is 4.79 Å². The topological polar surface area (TPSA) is 50.2 Å². The van der Waals surface area contributed by atoms with Gasteiger partial charge in [0.05, 0.1) is 11.3 Å². The monoisotopic (exact) mass is 278 g/mol. The van der Waals surface area contributed by atoms with Crippen molar-refractivity contribution in [1.82, 2.24) is 20.0 Å². The van der Waals surface area contributed by atoms with Crippen LogP contribution in [-0.4, -0.2) is 46.8 Å². The van der Waals surface area contributed by atoms with Crippen LogP contribution in [0.15, 0.2) is 0 Å². The van der Waals surface area contributed by atoms with Crippen molar-refractivity contribution in [3.63, 3.8) is 0 Å². The van der Waals surface area contributed by atoms with Crippen molar-refractivity contribution in [3.05, 3.63) is 17.0 Å². The molecule has 1 aliphatic heterocycles. The van der Waals surface area contributed by atoms with Crippen molar-refractivity contribution in [2.45, 2.75) is 33.6 Å². The third-order valence-electron chi connectivity index (χ3n) is 4.27. The lowest BCUT2D eigenvalue weighted by Crippen LogP contribution is -2.41. The fraction of sp³-hybridized carbons (Fsp3) is 0.733. The Bertz CT molecular complexity index is 474. The van der Waals surface area contributed by atoms with Gasteiger partial charge in [-0.2, -0.15) is 5.10 Å². The van der Waals surface area contributed by atoms with Crippen LogP contribution in [0.4, 0.5) is 0 Å². The fourth-order valence-corrected chi connectivity index (χ4v) is 2.99. The van der Waals surface area contributed by atoms with Crippen molar-refractivity contribution in [1.29, 1.82) is 0 Å². The molecule has 1 aromatic rings. The molecule has 1 unspecified atom stereocenters. The van der Waals surface area contributed by atoms with Crippen molar-refractivity contribution in [3.8, 4) is 0 Å². The molecular formula is C15H26N4O. The highest BCUT2D eigenvalue weighted by Gasteiger charge is 2.24. The minimum atomic E-state index is 0.126. The minimum Gasteiger partial charge on any atom is -0.338 e. The fourth-order valence-electron chi connectivity index (χ4n) is 2.99. The Morgan fingerprint density at radius 1 is 1.50 bits per heavy atom. The molecule has 0 spiro atoms. The number of aryl methyl sites for hydroxylation is 2. The van der Waals surface area contributed by atoms with Crippen LogP contribution in [0.2, 0.25) is 0 Å². The summed E-state index contributed by atoms with van der Waals surface area (Å²) in [6, 6.07) is 0. The number of nitrogens with zero attached hydrogens (tertiary/aromatic N) is 3. The second-order valence-electron chi connectivity index (χ2n) is 5.73. The highest BCUT2D eigenvalue weighted by molar-refractivity contribution is 5.96. The van der Waals surface area contributed by atoms with E-state index in [9.17, 15) is 4.79 Å². The molecule has 0 aromatic carbocycles. The van der Waals surface area contributed by atoms with E-state index in [4.69, 9.17) is 0 Å². The van der Waals surface area contributed by atoms with Gasteiger partial charge in [0.2, 0.25) is 0 Å². The van der Waals surface area contributed by atoms with Gasteiger partial charge in [0, 0.05) is 25.8 Å². The van der Waals surface area contributed by atoms with Gasteiger partial charge in [0.1, 0.15) is 0 Å². The first-order valence-corrected chi connectivity index (χ1v) is 7.54. The predicted octanol–water partition coefficient (Wildman–Crippen LogP) is 1.50. The van der Waals surface area contributed by atoms with Crippen LogP contribution in [0.5, 0.6) is 0 Å². The van der Waals surface area contributed by atoms with Crippen LogP contribution in [0.1, 0.15) is 41.5 Å². The molecule has 1 aromatic heterocycles. The molecule has 1 atom stereocenters. The maximum absolute atomic E-state index is 12.8. The standard InChI is InChI=1S/C15H26N4O/c1-5-19(10-13-7-6-8-16-9-13)15(20)14-11(2)17-18(4)12(14)3/h13,16H,5-10H2,1-4H3. The zero-order valence-electron chi connectivity index (χ0n) is 13.1. The van der Waals surface area contributed by atoms with Gasteiger partial charge in [-0.15, -0.1) is 0 Å². The Hall–Kier alpha value is -1.36. The average Bonchev–Trinajstić information content (AvgIpc) is 2.70. The molecule has 2 heterocycles. The van der Waals surface area contributed by atoms with Gasteiger partial charge in [0.15, 0.2) is 0 Å². The van der Waals surface area contributed by atoms with Gasteiger partial charge in [-0.05, 0) is 52.6 Å². The van der Waals surface area contributed by atoms with Crippen LogP contribution in [-0.2, 0) is 7.05 Å². The van der Waals surface area contributed by atoms with E-state index in [1.807, 2.05) is 25.8 Å². The number of carbonyl (C=O) groups excluding carboxylic acids is 1. The van der Waals surface area contributed by atoms with Gasteiger partial charge >= 0.3 is 0 Å². The zero-order valence-corrected chi connectivity index (χ0v) is 13.1. The molecule has 112 valence electrons. The number of rotatable bonds is 4. The lowest BCUT2D eigenvalue weighted by atomic mass is 9.98. The number of amides is 1. The molecule has 1 N–H and O–H groups in total. The Labute approximate surface area is 121 Å². The molecule has 0 radical (unpaired) electrons. The van der Waals surface area contributed by atoms with E-state index in [1.54, 1.807) is 4.68 Å². The van der Waals surface area contributed by atoms with E-state index in [0.717, 1.165) is 43.1 Å².